The number of halogens is 2. The summed E-state index contributed by atoms with van der Waals surface area (Å²) < 4.78 is 2.62. The van der Waals surface area contributed by atoms with Gasteiger partial charge in [0.25, 0.3) is 0 Å². The zero-order valence-electron chi connectivity index (χ0n) is 24.5. The number of benzene rings is 11. The number of fused-ring (bicyclic) bond motifs is 6. The van der Waals surface area contributed by atoms with Crippen LogP contribution in [-0.4, -0.2) is 0 Å². The minimum atomic E-state index is 1.25. The van der Waals surface area contributed by atoms with Crippen LogP contribution in [0.1, 0.15) is 0 Å². The fourth-order valence-electron chi connectivity index (χ4n) is 8.66. The van der Waals surface area contributed by atoms with E-state index in [9.17, 15) is 0 Å². The largest absolute Gasteiger partial charge is 0.0622 e. The molecule has 0 radical (unpaired) electrons. The van der Waals surface area contributed by atoms with E-state index in [4.69, 9.17) is 0 Å². The summed E-state index contributed by atoms with van der Waals surface area (Å²) in [5.74, 6) is 0. The van der Waals surface area contributed by atoms with Gasteiger partial charge in [-0.25, -0.2) is 0 Å². The Kier molecular flexibility index (Phi) is 5.16. The van der Waals surface area contributed by atoms with Crippen LogP contribution in [0.3, 0.4) is 0 Å². The highest BCUT2D eigenvalue weighted by molar-refractivity contribution is 14.1. The van der Waals surface area contributed by atoms with Gasteiger partial charge in [-0.3, -0.25) is 0 Å². The Morgan fingerprint density at radius 1 is 0.261 bits per heavy atom. The number of hydrogen-bond acceptors (Lipinski definition) is 0. The quantitative estimate of drug-likeness (QED) is 0.0928. The van der Waals surface area contributed by atoms with E-state index in [1.165, 1.54) is 116 Å². The van der Waals surface area contributed by atoms with E-state index < -0.39 is 0 Å². The molecule has 0 fully saturated rings. The monoisotopic (exact) mass is 804 g/mol. The van der Waals surface area contributed by atoms with Gasteiger partial charge < -0.3 is 0 Å². The second-order valence-corrected chi connectivity index (χ2v) is 14.9. The molecule has 46 heavy (non-hydrogen) atoms. The van der Waals surface area contributed by atoms with E-state index in [-0.39, 0.29) is 0 Å². The summed E-state index contributed by atoms with van der Waals surface area (Å²) in [5, 5.41) is 21.9. The molecular formula is C44H22I2. The number of rotatable bonds is 2. The Bertz CT molecular complexity index is 2810. The van der Waals surface area contributed by atoms with Crippen LogP contribution < -0.4 is 0 Å². The lowest BCUT2D eigenvalue weighted by atomic mass is 9.78. The molecule has 0 aliphatic heterocycles. The zero-order chi connectivity index (χ0) is 30.3. The van der Waals surface area contributed by atoms with Gasteiger partial charge in [-0.1, -0.05) is 121 Å². The Balaban J connectivity index is 1.54. The summed E-state index contributed by atoms with van der Waals surface area (Å²) in [6, 6.07) is 50.1. The smallest absolute Gasteiger partial charge is 0.0215 e. The summed E-state index contributed by atoms with van der Waals surface area (Å²) >= 11 is 5.16. The Morgan fingerprint density at radius 2 is 0.609 bits per heavy atom. The van der Waals surface area contributed by atoms with Crippen LogP contribution in [0.15, 0.2) is 133 Å². The van der Waals surface area contributed by atoms with Gasteiger partial charge in [0.2, 0.25) is 0 Å². The molecule has 0 atom stereocenters. The fourth-order valence-corrected chi connectivity index (χ4v) is 10.2. The molecule has 0 aliphatic carbocycles. The molecule has 0 unspecified atom stereocenters. The van der Waals surface area contributed by atoms with Crippen LogP contribution in [0.5, 0.6) is 0 Å². The second kappa shape index (κ2) is 9.18. The lowest BCUT2D eigenvalue weighted by molar-refractivity contribution is 1.64. The van der Waals surface area contributed by atoms with Crippen LogP contribution in [0.2, 0.25) is 0 Å². The van der Waals surface area contributed by atoms with Crippen molar-refractivity contribution in [2.75, 3.05) is 0 Å². The first-order valence-corrected chi connectivity index (χ1v) is 17.8. The first-order chi connectivity index (χ1) is 22.7. The molecule has 11 aromatic carbocycles. The van der Waals surface area contributed by atoms with Crippen LogP contribution in [-0.2, 0) is 0 Å². The molecule has 0 N–H and O–H groups in total. The first-order valence-electron chi connectivity index (χ1n) is 15.7. The molecule has 0 saturated heterocycles. The Labute approximate surface area is 291 Å². The van der Waals surface area contributed by atoms with E-state index in [0.717, 1.165) is 0 Å². The maximum absolute atomic E-state index is 2.58. The Morgan fingerprint density at radius 3 is 1.04 bits per heavy atom. The van der Waals surface area contributed by atoms with Gasteiger partial charge in [-0.15, -0.1) is 0 Å². The maximum Gasteiger partial charge on any atom is 0.0215 e. The van der Waals surface area contributed by atoms with Crippen molar-refractivity contribution in [3.8, 4) is 22.3 Å². The van der Waals surface area contributed by atoms with Gasteiger partial charge in [-0.05, 0) is 166 Å². The third-order valence-electron chi connectivity index (χ3n) is 10.4. The fraction of sp³-hybridized carbons (Fsp3) is 0. The van der Waals surface area contributed by atoms with E-state index in [2.05, 4.69) is 179 Å². The normalized spacial score (nSPS) is 12.6. The minimum absolute atomic E-state index is 1.25. The standard InChI is InChI=1S/C44H22I2/c45-35-21-33-27-13-7-8-14-28(27)34-22-36(46)30-18-20-32-38-26(24-11-5-2-6-12-24)16-15-25(23-9-3-1-4-10-23)37(38)31-19-17-29(35)39-41(31)42(32)40(30)44(34)43(33)39/h1-22H. The van der Waals surface area contributed by atoms with Crippen molar-refractivity contribution in [1.29, 1.82) is 0 Å². The highest BCUT2D eigenvalue weighted by Gasteiger charge is 2.27. The molecule has 0 amide bonds. The van der Waals surface area contributed by atoms with Crippen LogP contribution in [0, 0.1) is 7.14 Å². The van der Waals surface area contributed by atoms with Crippen molar-refractivity contribution in [1.82, 2.24) is 0 Å². The van der Waals surface area contributed by atoms with Gasteiger partial charge in [-0.2, -0.15) is 0 Å². The van der Waals surface area contributed by atoms with Crippen molar-refractivity contribution in [3.63, 3.8) is 0 Å². The molecule has 0 nitrogen and oxygen atoms in total. The predicted molar refractivity (Wildman–Crippen MR) is 216 cm³/mol. The SMILES string of the molecule is Ic1cc2c3ccccc3c3cc(I)c4ccc5c6c(-c7ccccc7)ccc(-c7ccccc7)c6c6ccc1c1c2c3c4c5c61. The highest BCUT2D eigenvalue weighted by atomic mass is 127. The molecule has 0 heterocycles. The number of hydrogen-bond donors (Lipinski definition) is 0. The topological polar surface area (TPSA) is 0 Å². The molecule has 0 aromatic heterocycles. The molecular weight excluding hydrogens is 782 g/mol. The maximum atomic E-state index is 2.58. The third-order valence-corrected chi connectivity index (χ3v) is 12.2. The van der Waals surface area contributed by atoms with Gasteiger partial charge in [0.15, 0.2) is 0 Å². The minimum Gasteiger partial charge on any atom is -0.0622 e. The van der Waals surface area contributed by atoms with Crippen molar-refractivity contribution in [2.24, 2.45) is 0 Å². The van der Waals surface area contributed by atoms with Crippen molar-refractivity contribution < 1.29 is 0 Å². The van der Waals surface area contributed by atoms with Gasteiger partial charge in [0.05, 0.1) is 0 Å². The van der Waals surface area contributed by atoms with Crippen molar-refractivity contribution in [3.05, 3.63) is 141 Å². The first kappa shape index (κ1) is 25.9. The summed E-state index contributed by atoms with van der Waals surface area (Å²) in [4.78, 5) is 0. The average Bonchev–Trinajstić information content (AvgIpc) is 3.11. The predicted octanol–water partition coefficient (Wildman–Crippen LogP) is 13.8. The summed E-state index contributed by atoms with van der Waals surface area (Å²) in [6.45, 7) is 0. The summed E-state index contributed by atoms with van der Waals surface area (Å²) in [5.41, 5.74) is 5.08. The lowest BCUT2D eigenvalue weighted by Crippen LogP contribution is -1.98. The van der Waals surface area contributed by atoms with Crippen LogP contribution >= 0.6 is 45.2 Å². The molecule has 11 aromatic rings. The summed E-state index contributed by atoms with van der Waals surface area (Å²) in [6.07, 6.45) is 0. The van der Waals surface area contributed by atoms with Gasteiger partial charge in [0, 0.05) is 7.14 Å². The molecule has 2 heteroatoms. The van der Waals surface area contributed by atoms with E-state index in [1.54, 1.807) is 0 Å². The van der Waals surface area contributed by atoms with Crippen LogP contribution in [0.25, 0.3) is 108 Å². The highest BCUT2D eigenvalue weighted by Crippen LogP contribution is 2.55. The molecule has 11 rings (SSSR count). The average molecular weight is 804 g/mol. The lowest BCUT2D eigenvalue weighted by Gasteiger charge is -2.26. The van der Waals surface area contributed by atoms with E-state index in [0.29, 0.717) is 0 Å². The summed E-state index contributed by atoms with van der Waals surface area (Å²) in [7, 11) is 0. The Hall–Kier alpha value is -4.26. The molecule has 0 spiro atoms. The molecule has 212 valence electrons. The van der Waals surface area contributed by atoms with Gasteiger partial charge in [0.1, 0.15) is 0 Å². The second-order valence-electron chi connectivity index (χ2n) is 12.6. The zero-order valence-corrected chi connectivity index (χ0v) is 28.8. The van der Waals surface area contributed by atoms with Crippen LogP contribution in [0.4, 0.5) is 0 Å². The van der Waals surface area contributed by atoms with E-state index >= 15 is 0 Å². The van der Waals surface area contributed by atoms with Gasteiger partial charge >= 0.3 is 0 Å². The van der Waals surface area contributed by atoms with E-state index in [1.807, 2.05) is 0 Å². The van der Waals surface area contributed by atoms with Crippen molar-refractivity contribution in [2.45, 2.75) is 0 Å². The van der Waals surface area contributed by atoms with Crippen molar-refractivity contribution >= 4 is 131 Å². The molecule has 0 bridgehead atoms. The molecule has 0 saturated carbocycles. The molecule has 0 aliphatic rings. The third kappa shape index (κ3) is 3.14.